The molecule has 19 heavy (non-hydrogen) atoms. The van der Waals surface area contributed by atoms with Gasteiger partial charge in [-0.15, -0.1) is 0 Å². The van der Waals surface area contributed by atoms with Gasteiger partial charge >= 0.3 is 5.97 Å². The molecule has 0 heterocycles. The number of allylic oxidation sites excluding steroid dienone is 2. The van der Waals surface area contributed by atoms with Crippen molar-refractivity contribution in [2.45, 2.75) is 60.8 Å². The lowest BCUT2D eigenvalue weighted by Gasteiger charge is -2.59. The molecule has 3 aliphatic carbocycles. The minimum atomic E-state index is -0.643. The maximum atomic E-state index is 11.7. The fraction of sp³-hybridized carbons (Fsp3) is 0.824. The molecule has 1 saturated carbocycles. The fourth-order valence-electron chi connectivity index (χ4n) is 4.93. The highest BCUT2D eigenvalue weighted by atomic mass is 16.4. The quantitative estimate of drug-likeness (QED) is 0.762. The second-order valence-electron chi connectivity index (χ2n) is 7.55. The van der Waals surface area contributed by atoms with Gasteiger partial charge in [0, 0.05) is 0 Å². The number of carboxylic acids is 1. The number of rotatable bonds is 3. The SMILES string of the molecule is CC1=C(C)C2(C(C)C)CCC1CC2C(C)(C)C(=O)O. The van der Waals surface area contributed by atoms with Crippen molar-refractivity contribution in [3.63, 3.8) is 0 Å². The number of carboxylic acid groups (broad SMARTS) is 1. The lowest BCUT2D eigenvalue weighted by molar-refractivity contribution is -0.157. The van der Waals surface area contributed by atoms with Crippen molar-refractivity contribution in [2.75, 3.05) is 0 Å². The molecule has 2 bridgehead atoms. The average Bonchev–Trinajstić information content (AvgIpc) is 2.34. The van der Waals surface area contributed by atoms with Crippen molar-refractivity contribution in [3.05, 3.63) is 11.1 Å². The summed E-state index contributed by atoms with van der Waals surface area (Å²) in [5.41, 5.74) is 2.49. The van der Waals surface area contributed by atoms with E-state index in [4.69, 9.17) is 0 Å². The monoisotopic (exact) mass is 264 g/mol. The van der Waals surface area contributed by atoms with Gasteiger partial charge in [-0.1, -0.05) is 25.0 Å². The Balaban J connectivity index is 2.57. The molecule has 0 aromatic rings. The smallest absolute Gasteiger partial charge is 0.309 e. The Labute approximate surface area is 117 Å². The minimum absolute atomic E-state index is 0.0979. The summed E-state index contributed by atoms with van der Waals surface area (Å²) in [6, 6.07) is 0. The first-order valence-corrected chi connectivity index (χ1v) is 7.57. The summed E-state index contributed by atoms with van der Waals surface area (Å²) in [5.74, 6) is 0.743. The maximum Gasteiger partial charge on any atom is 0.309 e. The number of fused-ring (bicyclic) bond motifs is 2. The molecule has 3 rings (SSSR count). The van der Waals surface area contributed by atoms with E-state index >= 15 is 0 Å². The standard InChI is InChI=1S/C17H28O2/c1-10(2)17-8-7-13(11(3)12(17)4)9-14(17)16(5,6)15(18)19/h10,13-14H,7-9H2,1-6H3,(H,18,19). The third kappa shape index (κ3) is 1.79. The number of carbonyl (C=O) groups is 1. The van der Waals surface area contributed by atoms with Crippen LogP contribution in [0, 0.1) is 28.6 Å². The van der Waals surface area contributed by atoms with Gasteiger partial charge in [-0.3, -0.25) is 4.79 Å². The molecule has 3 atom stereocenters. The maximum absolute atomic E-state index is 11.7. The second kappa shape index (κ2) is 4.36. The number of hydrogen-bond donors (Lipinski definition) is 1. The van der Waals surface area contributed by atoms with Gasteiger partial charge in [0.15, 0.2) is 0 Å². The van der Waals surface area contributed by atoms with Crippen LogP contribution in [0.25, 0.3) is 0 Å². The molecule has 0 aromatic carbocycles. The molecule has 0 amide bonds. The van der Waals surface area contributed by atoms with E-state index in [-0.39, 0.29) is 11.3 Å². The van der Waals surface area contributed by atoms with Crippen LogP contribution >= 0.6 is 0 Å². The van der Waals surface area contributed by atoms with Gasteiger partial charge in [0.25, 0.3) is 0 Å². The molecule has 0 spiro atoms. The van der Waals surface area contributed by atoms with E-state index in [1.54, 1.807) is 0 Å². The van der Waals surface area contributed by atoms with E-state index in [0.717, 1.165) is 6.42 Å². The minimum Gasteiger partial charge on any atom is -0.481 e. The Kier molecular flexibility index (Phi) is 3.35. The molecule has 108 valence electrons. The van der Waals surface area contributed by atoms with Crippen molar-refractivity contribution in [3.8, 4) is 0 Å². The zero-order chi connectivity index (χ0) is 14.6. The van der Waals surface area contributed by atoms with Gasteiger partial charge in [0.2, 0.25) is 0 Å². The van der Waals surface area contributed by atoms with E-state index in [1.807, 2.05) is 13.8 Å². The van der Waals surface area contributed by atoms with Crippen LogP contribution in [0.5, 0.6) is 0 Å². The van der Waals surface area contributed by atoms with E-state index in [2.05, 4.69) is 27.7 Å². The predicted octanol–water partition coefficient (Wildman–Crippen LogP) is 4.51. The van der Waals surface area contributed by atoms with Crippen LogP contribution in [0.2, 0.25) is 0 Å². The molecule has 0 aliphatic heterocycles. The molecule has 2 nitrogen and oxygen atoms in total. The van der Waals surface area contributed by atoms with E-state index in [9.17, 15) is 9.90 Å². The summed E-state index contributed by atoms with van der Waals surface area (Å²) in [6.07, 6.45) is 3.47. The molecule has 0 radical (unpaired) electrons. The Morgan fingerprint density at radius 2 is 1.95 bits per heavy atom. The third-order valence-electron chi connectivity index (χ3n) is 6.40. The van der Waals surface area contributed by atoms with Gasteiger partial charge in [-0.05, 0) is 70.1 Å². The molecular formula is C17H28O2. The lowest BCUT2D eigenvalue weighted by atomic mass is 9.44. The van der Waals surface area contributed by atoms with Crippen molar-refractivity contribution in [1.29, 1.82) is 0 Å². The summed E-state index contributed by atoms with van der Waals surface area (Å²) < 4.78 is 0. The van der Waals surface area contributed by atoms with Crippen LogP contribution in [0.3, 0.4) is 0 Å². The van der Waals surface area contributed by atoms with Crippen LogP contribution < -0.4 is 0 Å². The summed E-state index contributed by atoms with van der Waals surface area (Å²) in [5, 5.41) is 9.65. The molecule has 0 saturated heterocycles. The normalized spacial score (nSPS) is 35.1. The lowest BCUT2D eigenvalue weighted by Crippen LogP contribution is -2.54. The van der Waals surface area contributed by atoms with Crippen LogP contribution in [-0.2, 0) is 4.79 Å². The van der Waals surface area contributed by atoms with E-state index in [1.165, 1.54) is 24.0 Å². The van der Waals surface area contributed by atoms with Gasteiger partial charge < -0.3 is 5.11 Å². The predicted molar refractivity (Wildman–Crippen MR) is 77.9 cm³/mol. The Hall–Kier alpha value is -0.790. The zero-order valence-electron chi connectivity index (χ0n) is 13.2. The van der Waals surface area contributed by atoms with E-state index in [0.29, 0.717) is 11.8 Å². The summed E-state index contributed by atoms with van der Waals surface area (Å²) in [7, 11) is 0. The van der Waals surface area contributed by atoms with Gasteiger partial charge in [-0.25, -0.2) is 0 Å². The Morgan fingerprint density at radius 3 is 2.42 bits per heavy atom. The van der Waals surface area contributed by atoms with Crippen molar-refractivity contribution in [1.82, 2.24) is 0 Å². The van der Waals surface area contributed by atoms with Crippen molar-refractivity contribution < 1.29 is 9.90 Å². The fourth-order valence-corrected chi connectivity index (χ4v) is 4.93. The summed E-state index contributed by atoms with van der Waals surface area (Å²) >= 11 is 0. The van der Waals surface area contributed by atoms with Crippen LogP contribution in [0.15, 0.2) is 11.1 Å². The van der Waals surface area contributed by atoms with E-state index < -0.39 is 11.4 Å². The second-order valence-corrected chi connectivity index (χ2v) is 7.55. The molecule has 2 heteroatoms. The molecule has 3 unspecified atom stereocenters. The summed E-state index contributed by atoms with van der Waals surface area (Å²) in [6.45, 7) is 12.9. The first kappa shape index (κ1) is 14.6. The van der Waals surface area contributed by atoms with Crippen molar-refractivity contribution in [2.24, 2.45) is 28.6 Å². The summed E-state index contributed by atoms with van der Waals surface area (Å²) in [4.78, 5) is 11.7. The van der Waals surface area contributed by atoms with Gasteiger partial charge in [0.1, 0.15) is 0 Å². The highest BCUT2D eigenvalue weighted by molar-refractivity contribution is 5.74. The molecule has 0 aromatic heterocycles. The van der Waals surface area contributed by atoms with Crippen molar-refractivity contribution >= 4 is 5.97 Å². The number of hydrogen-bond acceptors (Lipinski definition) is 1. The Morgan fingerprint density at radius 1 is 1.37 bits per heavy atom. The Bertz CT molecular complexity index is 431. The molecular weight excluding hydrogens is 236 g/mol. The highest BCUT2D eigenvalue weighted by Gasteiger charge is 2.57. The van der Waals surface area contributed by atoms with Crippen LogP contribution in [0.1, 0.15) is 60.8 Å². The molecule has 1 N–H and O–H groups in total. The van der Waals surface area contributed by atoms with Crippen LogP contribution in [0.4, 0.5) is 0 Å². The third-order valence-corrected chi connectivity index (χ3v) is 6.40. The molecule has 3 aliphatic rings. The first-order valence-electron chi connectivity index (χ1n) is 7.57. The van der Waals surface area contributed by atoms with Crippen LogP contribution in [-0.4, -0.2) is 11.1 Å². The van der Waals surface area contributed by atoms with Gasteiger partial charge in [0.05, 0.1) is 5.41 Å². The topological polar surface area (TPSA) is 37.3 Å². The zero-order valence-corrected chi connectivity index (χ0v) is 13.2. The largest absolute Gasteiger partial charge is 0.481 e. The van der Waals surface area contributed by atoms with Gasteiger partial charge in [-0.2, -0.15) is 0 Å². The highest BCUT2D eigenvalue weighted by Crippen LogP contribution is 2.64. The number of aliphatic carboxylic acids is 1. The average molecular weight is 264 g/mol. The first-order chi connectivity index (χ1) is 8.65. The molecule has 1 fully saturated rings.